The Bertz CT molecular complexity index is 1060. The first kappa shape index (κ1) is 16.2. The zero-order valence-electron chi connectivity index (χ0n) is 14.0. The molecule has 4 aromatic rings. The van der Waals surface area contributed by atoms with Gasteiger partial charge in [-0.3, -0.25) is 4.79 Å². The third-order valence-corrected chi connectivity index (χ3v) is 6.20. The summed E-state index contributed by atoms with van der Waals surface area (Å²) in [5, 5.41) is 4.61. The maximum Gasteiger partial charge on any atom is 0.230 e. The molecule has 0 aliphatic carbocycles. The molecule has 4 nitrogen and oxygen atoms in total. The molecule has 126 valence electrons. The number of hydrogen-bond acceptors (Lipinski definition) is 5. The number of hydrogen-bond donors (Lipinski definition) is 1. The molecule has 0 saturated heterocycles. The van der Waals surface area contributed by atoms with Crippen molar-refractivity contribution in [2.24, 2.45) is 0 Å². The topological polar surface area (TPSA) is 54.9 Å². The second kappa shape index (κ2) is 6.54. The van der Waals surface area contributed by atoms with Crippen LogP contribution in [-0.4, -0.2) is 15.9 Å². The van der Waals surface area contributed by atoms with Crippen LogP contribution in [0.2, 0.25) is 0 Å². The molecule has 25 heavy (non-hydrogen) atoms. The molecule has 0 aliphatic heterocycles. The minimum absolute atomic E-state index is 0.0416. The SMILES string of the molecule is CCc1ccc(CC(=O)Nc2nc3ccc4nc(C)sc4c3s2)cc1. The average Bonchev–Trinajstić information content (AvgIpc) is 3.17. The Morgan fingerprint density at radius 3 is 2.32 bits per heavy atom. The molecule has 1 N–H and O–H groups in total. The highest BCUT2D eigenvalue weighted by molar-refractivity contribution is 7.28. The van der Waals surface area contributed by atoms with Crippen molar-refractivity contribution in [2.45, 2.75) is 26.7 Å². The van der Waals surface area contributed by atoms with Crippen molar-refractivity contribution in [3.63, 3.8) is 0 Å². The van der Waals surface area contributed by atoms with E-state index in [9.17, 15) is 4.79 Å². The van der Waals surface area contributed by atoms with Crippen molar-refractivity contribution in [3.05, 3.63) is 52.5 Å². The van der Waals surface area contributed by atoms with Crippen LogP contribution < -0.4 is 5.32 Å². The summed E-state index contributed by atoms with van der Waals surface area (Å²) in [6, 6.07) is 12.1. The average molecular weight is 367 g/mol. The highest BCUT2D eigenvalue weighted by Gasteiger charge is 2.12. The molecule has 0 saturated carbocycles. The number of carbonyl (C=O) groups excluding carboxylic acids is 1. The molecular weight excluding hydrogens is 350 g/mol. The van der Waals surface area contributed by atoms with Crippen LogP contribution in [-0.2, 0) is 17.6 Å². The van der Waals surface area contributed by atoms with Crippen LogP contribution in [0.5, 0.6) is 0 Å². The summed E-state index contributed by atoms with van der Waals surface area (Å²) >= 11 is 3.18. The molecule has 1 amide bonds. The molecule has 0 aliphatic rings. The van der Waals surface area contributed by atoms with Crippen molar-refractivity contribution < 1.29 is 4.79 Å². The van der Waals surface area contributed by atoms with E-state index < -0.39 is 0 Å². The van der Waals surface area contributed by atoms with Gasteiger partial charge in [0.25, 0.3) is 0 Å². The Kier molecular flexibility index (Phi) is 4.23. The molecule has 4 rings (SSSR count). The van der Waals surface area contributed by atoms with E-state index in [1.54, 1.807) is 11.3 Å². The largest absolute Gasteiger partial charge is 0.302 e. The first-order valence-electron chi connectivity index (χ1n) is 8.16. The molecule has 2 aromatic heterocycles. The minimum atomic E-state index is -0.0416. The molecular formula is C19H17N3OS2. The summed E-state index contributed by atoms with van der Waals surface area (Å²) in [6.07, 6.45) is 1.36. The smallest absolute Gasteiger partial charge is 0.230 e. The third-order valence-electron chi connectivity index (χ3n) is 4.06. The highest BCUT2D eigenvalue weighted by atomic mass is 32.1. The monoisotopic (exact) mass is 367 g/mol. The lowest BCUT2D eigenvalue weighted by molar-refractivity contribution is -0.115. The molecule has 6 heteroatoms. The van der Waals surface area contributed by atoms with Crippen molar-refractivity contribution in [1.29, 1.82) is 0 Å². The van der Waals surface area contributed by atoms with Crippen molar-refractivity contribution in [3.8, 4) is 0 Å². The molecule has 2 aromatic carbocycles. The Balaban J connectivity index is 1.55. The number of fused-ring (bicyclic) bond motifs is 3. The summed E-state index contributed by atoms with van der Waals surface area (Å²) in [5.41, 5.74) is 4.19. The lowest BCUT2D eigenvalue weighted by Crippen LogP contribution is -2.14. The standard InChI is InChI=1S/C19H17N3OS2/c1-3-12-4-6-13(7-5-12)10-16(23)22-19-21-15-9-8-14-17(18(15)25-19)24-11(2)20-14/h4-9H,3,10H2,1-2H3,(H,21,22,23). The molecule has 0 spiro atoms. The van der Waals surface area contributed by atoms with E-state index in [1.807, 2.05) is 31.2 Å². The number of carbonyl (C=O) groups is 1. The van der Waals surface area contributed by atoms with E-state index in [0.29, 0.717) is 11.6 Å². The number of nitrogens with one attached hydrogen (secondary N) is 1. The number of aromatic nitrogens is 2. The number of aryl methyl sites for hydroxylation is 2. The summed E-state index contributed by atoms with van der Waals surface area (Å²) in [6.45, 7) is 4.13. The number of amides is 1. The fourth-order valence-electron chi connectivity index (χ4n) is 2.78. The van der Waals surface area contributed by atoms with Gasteiger partial charge in [-0.05, 0) is 36.6 Å². The van der Waals surface area contributed by atoms with E-state index in [4.69, 9.17) is 0 Å². The van der Waals surface area contributed by atoms with Gasteiger partial charge in [-0.25, -0.2) is 9.97 Å². The number of benzene rings is 2. The summed E-state index contributed by atoms with van der Waals surface area (Å²) < 4.78 is 2.23. The van der Waals surface area contributed by atoms with Crippen LogP contribution in [0.1, 0.15) is 23.1 Å². The Morgan fingerprint density at radius 2 is 1.60 bits per heavy atom. The van der Waals surface area contributed by atoms with E-state index >= 15 is 0 Å². The van der Waals surface area contributed by atoms with E-state index in [2.05, 4.69) is 34.3 Å². The second-order valence-electron chi connectivity index (χ2n) is 5.91. The van der Waals surface area contributed by atoms with Crippen LogP contribution in [0.15, 0.2) is 36.4 Å². The minimum Gasteiger partial charge on any atom is -0.302 e. The van der Waals surface area contributed by atoms with Crippen LogP contribution in [0.3, 0.4) is 0 Å². The Hall–Kier alpha value is -2.31. The van der Waals surface area contributed by atoms with Crippen LogP contribution >= 0.6 is 22.7 Å². The van der Waals surface area contributed by atoms with Crippen LogP contribution in [0.4, 0.5) is 5.13 Å². The van der Waals surface area contributed by atoms with Gasteiger partial charge in [0.1, 0.15) is 0 Å². The fourth-order valence-corrected chi connectivity index (χ4v) is 4.80. The van der Waals surface area contributed by atoms with Crippen molar-refractivity contribution in [2.75, 3.05) is 5.32 Å². The van der Waals surface area contributed by atoms with Gasteiger partial charge >= 0.3 is 0 Å². The number of thiazole rings is 2. The quantitative estimate of drug-likeness (QED) is 0.555. The predicted octanol–water partition coefficient (Wildman–Crippen LogP) is 4.96. The predicted molar refractivity (Wildman–Crippen MR) is 106 cm³/mol. The van der Waals surface area contributed by atoms with E-state index in [0.717, 1.165) is 37.4 Å². The second-order valence-corrected chi connectivity index (χ2v) is 8.11. The van der Waals surface area contributed by atoms with Gasteiger partial charge in [-0.15, -0.1) is 11.3 Å². The van der Waals surface area contributed by atoms with Gasteiger partial charge in [0.2, 0.25) is 5.91 Å². The van der Waals surface area contributed by atoms with Gasteiger partial charge in [0.05, 0.1) is 31.9 Å². The molecule has 0 radical (unpaired) electrons. The first-order valence-corrected chi connectivity index (χ1v) is 9.80. The van der Waals surface area contributed by atoms with Crippen LogP contribution in [0, 0.1) is 6.92 Å². The zero-order valence-corrected chi connectivity index (χ0v) is 15.6. The summed E-state index contributed by atoms with van der Waals surface area (Å²) in [4.78, 5) is 21.4. The number of rotatable bonds is 4. The zero-order chi connectivity index (χ0) is 17.4. The fraction of sp³-hybridized carbons (Fsp3) is 0.211. The maximum atomic E-state index is 12.3. The lowest BCUT2D eigenvalue weighted by atomic mass is 10.1. The Morgan fingerprint density at radius 1 is 0.960 bits per heavy atom. The van der Waals surface area contributed by atoms with Crippen molar-refractivity contribution >= 4 is 54.1 Å². The highest BCUT2D eigenvalue weighted by Crippen LogP contribution is 2.35. The normalized spacial score (nSPS) is 11.3. The Labute approximate surface area is 153 Å². The van der Waals surface area contributed by atoms with Gasteiger partial charge in [-0.2, -0.15) is 0 Å². The maximum absolute atomic E-state index is 12.3. The van der Waals surface area contributed by atoms with E-state index in [-0.39, 0.29) is 5.91 Å². The molecule has 2 heterocycles. The first-order chi connectivity index (χ1) is 12.1. The number of anilines is 1. The van der Waals surface area contributed by atoms with Gasteiger partial charge in [-0.1, -0.05) is 42.5 Å². The third kappa shape index (κ3) is 3.27. The number of nitrogens with zero attached hydrogens (tertiary/aromatic N) is 2. The van der Waals surface area contributed by atoms with Gasteiger partial charge in [0, 0.05) is 0 Å². The summed E-state index contributed by atoms with van der Waals surface area (Å²) in [7, 11) is 0. The van der Waals surface area contributed by atoms with Gasteiger partial charge < -0.3 is 5.32 Å². The van der Waals surface area contributed by atoms with Crippen LogP contribution in [0.25, 0.3) is 20.4 Å². The lowest BCUT2D eigenvalue weighted by Gasteiger charge is -2.03. The molecule has 0 fully saturated rings. The molecule has 0 bridgehead atoms. The molecule has 0 unspecified atom stereocenters. The van der Waals surface area contributed by atoms with Gasteiger partial charge in [0.15, 0.2) is 5.13 Å². The van der Waals surface area contributed by atoms with Crippen molar-refractivity contribution in [1.82, 2.24) is 9.97 Å². The van der Waals surface area contributed by atoms with E-state index in [1.165, 1.54) is 16.9 Å². The summed E-state index contributed by atoms with van der Waals surface area (Å²) in [5.74, 6) is -0.0416. The molecule has 0 atom stereocenters.